The summed E-state index contributed by atoms with van der Waals surface area (Å²) in [6, 6.07) is 13.4. The third kappa shape index (κ3) is 3.10. The molecule has 0 unspecified atom stereocenters. The normalized spacial score (nSPS) is 15.3. The van der Waals surface area contributed by atoms with Crippen molar-refractivity contribution in [2.45, 2.75) is 12.8 Å². The van der Waals surface area contributed by atoms with E-state index in [0.717, 1.165) is 10.9 Å². The summed E-state index contributed by atoms with van der Waals surface area (Å²) in [4.78, 5) is 23.7. The molecule has 6 heteroatoms. The van der Waals surface area contributed by atoms with Gasteiger partial charge in [-0.1, -0.05) is 12.1 Å². The molecule has 1 aliphatic rings. The van der Waals surface area contributed by atoms with Gasteiger partial charge >= 0.3 is 0 Å². The number of nitrogens with zero attached hydrogens (tertiary/aromatic N) is 3. The number of ketones is 1. The zero-order chi connectivity index (χ0) is 18.1. The Morgan fingerprint density at radius 1 is 1.04 bits per heavy atom. The van der Waals surface area contributed by atoms with Crippen LogP contribution in [0.15, 0.2) is 48.5 Å². The van der Waals surface area contributed by atoms with Crippen molar-refractivity contribution < 1.29 is 9.18 Å². The van der Waals surface area contributed by atoms with E-state index >= 15 is 0 Å². The predicted octanol–water partition coefficient (Wildman–Crippen LogP) is 3.45. The maximum absolute atomic E-state index is 13.0. The van der Waals surface area contributed by atoms with Crippen LogP contribution in [0.1, 0.15) is 23.2 Å². The van der Waals surface area contributed by atoms with Crippen LogP contribution in [0.25, 0.3) is 10.9 Å². The third-order valence-corrected chi connectivity index (χ3v) is 4.90. The highest BCUT2D eigenvalue weighted by atomic mass is 19.1. The van der Waals surface area contributed by atoms with E-state index in [1.807, 2.05) is 24.3 Å². The molecule has 132 valence electrons. The molecule has 4 rings (SSSR count). The lowest BCUT2D eigenvalue weighted by molar-refractivity contribution is 0.0900. The minimum Gasteiger partial charge on any atom is -0.383 e. The summed E-state index contributed by atoms with van der Waals surface area (Å²) in [6.45, 7) is 1.38. The molecule has 0 bridgehead atoms. The van der Waals surface area contributed by atoms with E-state index in [1.165, 1.54) is 12.1 Å². The number of nitrogens with two attached hydrogens (primary N) is 1. The fraction of sp³-hybridized carbons (Fsp3) is 0.250. The van der Waals surface area contributed by atoms with Gasteiger partial charge in [0.05, 0.1) is 5.52 Å². The molecular weight excluding hydrogens is 331 g/mol. The molecule has 1 fully saturated rings. The standard InChI is InChI=1S/C20H19FN4O/c21-15-7-5-13(6-8-15)18(26)14-9-11-25(12-10-14)20-23-17-4-2-1-3-16(17)19(22)24-20/h1-8,14H,9-12H2,(H2,22,23,24). The van der Waals surface area contributed by atoms with Gasteiger partial charge in [0.25, 0.3) is 0 Å². The Kier molecular flexibility index (Phi) is 4.24. The Hall–Kier alpha value is -3.02. The van der Waals surface area contributed by atoms with Gasteiger partial charge in [-0.15, -0.1) is 0 Å². The SMILES string of the molecule is Nc1nc(N2CCC(C(=O)c3ccc(F)cc3)CC2)nc2ccccc12. The topological polar surface area (TPSA) is 72.1 Å². The maximum Gasteiger partial charge on any atom is 0.227 e. The molecule has 2 heterocycles. The molecule has 2 N–H and O–H groups in total. The number of Topliss-reactive ketones (excluding diaryl/α,β-unsaturated/α-hetero) is 1. The van der Waals surface area contributed by atoms with E-state index in [-0.39, 0.29) is 17.5 Å². The maximum atomic E-state index is 13.0. The van der Waals surface area contributed by atoms with Gasteiger partial charge in [-0.05, 0) is 49.2 Å². The average Bonchev–Trinajstić information content (AvgIpc) is 2.68. The van der Waals surface area contributed by atoms with Gasteiger partial charge in [-0.3, -0.25) is 4.79 Å². The number of hydrogen-bond donors (Lipinski definition) is 1. The fourth-order valence-corrected chi connectivity index (χ4v) is 3.42. The molecule has 0 amide bonds. The summed E-state index contributed by atoms with van der Waals surface area (Å²) in [5.74, 6) is 0.754. The lowest BCUT2D eigenvalue weighted by atomic mass is 9.89. The number of benzene rings is 2. The van der Waals surface area contributed by atoms with Gasteiger partial charge in [-0.2, -0.15) is 4.98 Å². The quantitative estimate of drug-likeness (QED) is 0.733. The number of piperidine rings is 1. The smallest absolute Gasteiger partial charge is 0.227 e. The summed E-state index contributed by atoms with van der Waals surface area (Å²) in [5, 5.41) is 0.845. The average molecular weight is 350 g/mol. The van der Waals surface area contributed by atoms with E-state index in [9.17, 15) is 9.18 Å². The predicted molar refractivity (Wildman–Crippen MR) is 99.6 cm³/mol. The van der Waals surface area contributed by atoms with Crippen LogP contribution in [-0.4, -0.2) is 28.8 Å². The molecule has 1 saturated heterocycles. The largest absolute Gasteiger partial charge is 0.383 e. The lowest BCUT2D eigenvalue weighted by Crippen LogP contribution is -2.37. The molecule has 0 spiro atoms. The Bertz CT molecular complexity index is 950. The van der Waals surface area contributed by atoms with Crippen molar-refractivity contribution in [1.82, 2.24) is 9.97 Å². The number of fused-ring (bicyclic) bond motifs is 1. The third-order valence-electron chi connectivity index (χ3n) is 4.90. The zero-order valence-electron chi connectivity index (χ0n) is 14.2. The highest BCUT2D eigenvalue weighted by Crippen LogP contribution is 2.26. The summed E-state index contributed by atoms with van der Waals surface area (Å²) < 4.78 is 13.0. The van der Waals surface area contributed by atoms with Crippen LogP contribution in [0.2, 0.25) is 0 Å². The molecular formula is C20H19FN4O. The van der Waals surface area contributed by atoms with Gasteiger partial charge in [0.15, 0.2) is 5.78 Å². The first-order valence-electron chi connectivity index (χ1n) is 8.69. The van der Waals surface area contributed by atoms with Gasteiger partial charge in [0, 0.05) is 30.0 Å². The van der Waals surface area contributed by atoms with Gasteiger partial charge in [-0.25, -0.2) is 9.37 Å². The van der Waals surface area contributed by atoms with Crippen LogP contribution >= 0.6 is 0 Å². The zero-order valence-corrected chi connectivity index (χ0v) is 14.2. The first kappa shape index (κ1) is 16.4. The van der Waals surface area contributed by atoms with E-state index < -0.39 is 0 Å². The Balaban J connectivity index is 1.48. The fourth-order valence-electron chi connectivity index (χ4n) is 3.42. The Labute approximate surface area is 150 Å². The molecule has 0 atom stereocenters. The highest BCUT2D eigenvalue weighted by Gasteiger charge is 2.27. The van der Waals surface area contributed by atoms with Crippen LogP contribution in [0, 0.1) is 11.7 Å². The monoisotopic (exact) mass is 350 g/mol. The number of para-hydroxylation sites is 1. The van der Waals surface area contributed by atoms with Crippen molar-refractivity contribution in [3.63, 3.8) is 0 Å². The molecule has 3 aromatic rings. The molecule has 5 nitrogen and oxygen atoms in total. The molecule has 1 aromatic heterocycles. The van der Waals surface area contributed by atoms with Gasteiger partial charge < -0.3 is 10.6 Å². The number of nitrogen functional groups attached to an aromatic ring is 1. The first-order valence-corrected chi connectivity index (χ1v) is 8.69. The van der Waals surface area contributed by atoms with E-state index in [0.29, 0.717) is 43.3 Å². The number of rotatable bonds is 3. The minimum absolute atomic E-state index is 0.0606. The summed E-state index contributed by atoms with van der Waals surface area (Å²) in [5.41, 5.74) is 7.45. The van der Waals surface area contributed by atoms with Crippen molar-refractivity contribution in [3.05, 3.63) is 59.9 Å². The minimum atomic E-state index is -0.331. The molecule has 26 heavy (non-hydrogen) atoms. The van der Waals surface area contributed by atoms with Crippen LogP contribution in [0.5, 0.6) is 0 Å². The number of carbonyl (C=O) groups excluding carboxylic acids is 1. The van der Waals surface area contributed by atoms with Crippen LogP contribution in [0.4, 0.5) is 16.2 Å². The highest BCUT2D eigenvalue weighted by molar-refractivity contribution is 5.98. The van der Waals surface area contributed by atoms with Crippen LogP contribution in [0.3, 0.4) is 0 Å². The van der Waals surface area contributed by atoms with Crippen LogP contribution < -0.4 is 10.6 Å². The van der Waals surface area contributed by atoms with Crippen molar-refractivity contribution >= 4 is 28.5 Å². The Morgan fingerprint density at radius 2 is 1.73 bits per heavy atom. The second-order valence-electron chi connectivity index (χ2n) is 6.56. The number of aromatic nitrogens is 2. The van der Waals surface area contributed by atoms with E-state index in [1.54, 1.807) is 12.1 Å². The van der Waals surface area contributed by atoms with Crippen LogP contribution in [-0.2, 0) is 0 Å². The molecule has 0 saturated carbocycles. The van der Waals surface area contributed by atoms with E-state index in [4.69, 9.17) is 5.73 Å². The number of hydrogen-bond acceptors (Lipinski definition) is 5. The molecule has 0 radical (unpaired) electrons. The van der Waals surface area contributed by atoms with Gasteiger partial charge in [0.2, 0.25) is 5.95 Å². The second kappa shape index (κ2) is 6.71. The molecule has 0 aliphatic carbocycles. The molecule has 1 aliphatic heterocycles. The lowest BCUT2D eigenvalue weighted by Gasteiger charge is -2.31. The van der Waals surface area contributed by atoms with Gasteiger partial charge in [0.1, 0.15) is 11.6 Å². The number of halogens is 1. The first-order chi connectivity index (χ1) is 12.6. The van der Waals surface area contributed by atoms with Crippen molar-refractivity contribution in [1.29, 1.82) is 0 Å². The molecule has 2 aromatic carbocycles. The summed E-state index contributed by atoms with van der Waals surface area (Å²) in [6.07, 6.45) is 1.43. The number of anilines is 2. The van der Waals surface area contributed by atoms with E-state index in [2.05, 4.69) is 14.9 Å². The summed E-state index contributed by atoms with van der Waals surface area (Å²) in [7, 11) is 0. The Morgan fingerprint density at radius 3 is 2.46 bits per heavy atom. The van der Waals surface area contributed by atoms with Crippen molar-refractivity contribution in [3.8, 4) is 0 Å². The summed E-state index contributed by atoms with van der Waals surface area (Å²) >= 11 is 0. The number of carbonyl (C=O) groups is 1. The van der Waals surface area contributed by atoms with Crippen molar-refractivity contribution in [2.24, 2.45) is 5.92 Å². The van der Waals surface area contributed by atoms with Crippen molar-refractivity contribution in [2.75, 3.05) is 23.7 Å². The second-order valence-corrected chi connectivity index (χ2v) is 6.56.